The van der Waals surface area contributed by atoms with E-state index in [1.807, 2.05) is 0 Å². The Balaban J connectivity index is 1.63. The molecule has 0 bridgehead atoms. The number of hydrogen-bond acceptors (Lipinski definition) is 8. The maximum atomic E-state index is 11.2. The van der Waals surface area contributed by atoms with E-state index in [4.69, 9.17) is 28.8 Å². The van der Waals surface area contributed by atoms with Crippen LogP contribution in [0.2, 0.25) is 0 Å². The average molecular weight is 435 g/mol. The normalized spacial score (nSPS) is 23.8. The standard InChI is InChI=1S/C12H15N5O9P2/c18-27(19,20)24-4-8-7(26-28(21,22)23)3-9(25-8)17-6-14-10-11-13-1-2-16(11)5-15-12(10)17/h1-2,5-9H,3-4H2,(H2,18,19,20)(H2,21,22,23)/t7-,8+,9+/m0/s1. The maximum Gasteiger partial charge on any atom is 0.469 e. The largest absolute Gasteiger partial charge is 0.469 e. The van der Waals surface area contributed by atoms with E-state index < -0.39 is 40.7 Å². The van der Waals surface area contributed by atoms with Gasteiger partial charge in [-0.2, -0.15) is 0 Å². The van der Waals surface area contributed by atoms with Gasteiger partial charge < -0.3 is 24.3 Å². The molecule has 152 valence electrons. The molecule has 16 heteroatoms. The van der Waals surface area contributed by atoms with Crippen LogP contribution in [0, 0.1) is 0 Å². The smallest absolute Gasteiger partial charge is 0.349 e. The zero-order valence-corrected chi connectivity index (χ0v) is 15.7. The molecular formula is C12H15N5O9P2. The van der Waals surface area contributed by atoms with Crippen LogP contribution in [0.25, 0.3) is 16.8 Å². The van der Waals surface area contributed by atoms with Crippen LogP contribution in [-0.2, 0) is 22.9 Å². The molecule has 1 aliphatic heterocycles. The molecule has 0 saturated carbocycles. The van der Waals surface area contributed by atoms with Crippen molar-refractivity contribution in [3.8, 4) is 0 Å². The molecule has 3 aromatic rings. The predicted octanol–water partition coefficient (Wildman–Crippen LogP) is -0.0463. The first-order chi connectivity index (χ1) is 13.1. The van der Waals surface area contributed by atoms with Crippen molar-refractivity contribution < 1.29 is 42.5 Å². The van der Waals surface area contributed by atoms with E-state index in [1.54, 1.807) is 16.8 Å². The van der Waals surface area contributed by atoms with Gasteiger partial charge >= 0.3 is 15.6 Å². The Hall–Kier alpha value is -1.73. The third-order valence-electron chi connectivity index (χ3n) is 4.12. The predicted molar refractivity (Wildman–Crippen MR) is 89.7 cm³/mol. The van der Waals surface area contributed by atoms with Crippen LogP contribution in [0.4, 0.5) is 0 Å². The van der Waals surface area contributed by atoms with E-state index in [2.05, 4.69) is 19.5 Å². The highest BCUT2D eigenvalue weighted by Crippen LogP contribution is 2.45. The van der Waals surface area contributed by atoms with E-state index in [0.29, 0.717) is 16.8 Å². The third kappa shape index (κ3) is 4.01. The number of hydrogen-bond donors (Lipinski definition) is 4. The molecule has 0 radical (unpaired) electrons. The first-order valence-corrected chi connectivity index (χ1v) is 10.9. The van der Waals surface area contributed by atoms with Crippen LogP contribution >= 0.6 is 15.6 Å². The molecular weight excluding hydrogens is 420 g/mol. The van der Waals surface area contributed by atoms with Gasteiger partial charge in [-0.05, 0) is 0 Å². The van der Waals surface area contributed by atoms with Crippen molar-refractivity contribution in [3.63, 3.8) is 0 Å². The number of nitrogens with zero attached hydrogens (tertiary/aromatic N) is 5. The van der Waals surface area contributed by atoms with Gasteiger partial charge in [-0.25, -0.2) is 24.1 Å². The van der Waals surface area contributed by atoms with Crippen molar-refractivity contribution in [2.45, 2.75) is 24.9 Å². The van der Waals surface area contributed by atoms with Crippen LogP contribution in [-0.4, -0.2) is 62.3 Å². The van der Waals surface area contributed by atoms with E-state index >= 15 is 0 Å². The highest BCUT2D eigenvalue weighted by molar-refractivity contribution is 7.46. The van der Waals surface area contributed by atoms with Gasteiger partial charge in [0, 0.05) is 18.8 Å². The summed E-state index contributed by atoms with van der Waals surface area (Å²) >= 11 is 0. The lowest BCUT2D eigenvalue weighted by Gasteiger charge is -2.19. The number of ether oxygens (including phenoxy) is 1. The molecule has 0 amide bonds. The third-order valence-corrected chi connectivity index (χ3v) is 5.15. The summed E-state index contributed by atoms with van der Waals surface area (Å²) in [6.07, 6.45) is 3.08. The van der Waals surface area contributed by atoms with Crippen molar-refractivity contribution in [1.29, 1.82) is 0 Å². The van der Waals surface area contributed by atoms with E-state index in [0.717, 1.165) is 0 Å². The second-order valence-electron chi connectivity index (χ2n) is 6.01. The Labute approximate surface area is 156 Å². The van der Waals surface area contributed by atoms with Gasteiger partial charge in [-0.3, -0.25) is 18.0 Å². The summed E-state index contributed by atoms with van der Waals surface area (Å²) in [5, 5.41) is 0. The Morgan fingerprint density at radius 3 is 2.61 bits per heavy atom. The van der Waals surface area contributed by atoms with Crippen LogP contribution in [0.5, 0.6) is 0 Å². The second kappa shape index (κ2) is 6.95. The van der Waals surface area contributed by atoms with E-state index in [1.165, 1.54) is 17.2 Å². The van der Waals surface area contributed by atoms with Gasteiger partial charge in [0.1, 0.15) is 24.8 Å². The summed E-state index contributed by atoms with van der Waals surface area (Å²) in [6, 6.07) is 0. The van der Waals surface area contributed by atoms with E-state index in [9.17, 15) is 9.13 Å². The first-order valence-electron chi connectivity index (χ1n) is 7.84. The van der Waals surface area contributed by atoms with Crippen molar-refractivity contribution in [1.82, 2.24) is 23.9 Å². The molecule has 28 heavy (non-hydrogen) atoms. The summed E-state index contributed by atoms with van der Waals surface area (Å²) < 4.78 is 40.2. The molecule has 0 aromatic carbocycles. The Bertz CT molecular complexity index is 1100. The van der Waals surface area contributed by atoms with Crippen LogP contribution in [0.1, 0.15) is 12.6 Å². The molecule has 4 rings (SSSR count). The molecule has 3 aromatic heterocycles. The number of fused-ring (bicyclic) bond motifs is 3. The molecule has 1 aliphatic rings. The summed E-state index contributed by atoms with van der Waals surface area (Å²) in [5.41, 5.74) is 1.46. The van der Waals surface area contributed by atoms with Crippen LogP contribution < -0.4 is 0 Å². The SMILES string of the molecule is O=P(O)(O)OC[C@H]1O[C@@H](n2cnc3c2ncn2ccnc32)C[C@@H]1OP(=O)(O)O. The Kier molecular flexibility index (Phi) is 4.86. The number of aromatic nitrogens is 5. The highest BCUT2D eigenvalue weighted by Gasteiger charge is 2.42. The zero-order chi connectivity index (χ0) is 20.1. The van der Waals surface area contributed by atoms with Crippen molar-refractivity contribution in [3.05, 3.63) is 25.0 Å². The Morgan fingerprint density at radius 2 is 1.89 bits per heavy atom. The summed E-state index contributed by atoms with van der Waals surface area (Å²) in [6.45, 7) is -0.629. The molecule has 4 N–H and O–H groups in total. The lowest BCUT2D eigenvalue weighted by atomic mass is 10.2. The fraction of sp³-hybridized carbons (Fsp3) is 0.417. The topological polar surface area (TPSA) is 191 Å². The van der Waals surface area contributed by atoms with Crippen LogP contribution in [0.3, 0.4) is 0 Å². The lowest BCUT2D eigenvalue weighted by Crippen LogP contribution is -2.28. The van der Waals surface area contributed by atoms with Gasteiger partial charge in [-0.15, -0.1) is 0 Å². The molecule has 1 saturated heterocycles. The number of imidazole rings is 2. The minimum atomic E-state index is -4.88. The van der Waals surface area contributed by atoms with Gasteiger partial charge in [0.05, 0.1) is 12.9 Å². The van der Waals surface area contributed by atoms with Crippen molar-refractivity contribution >= 4 is 32.5 Å². The van der Waals surface area contributed by atoms with Crippen molar-refractivity contribution in [2.75, 3.05) is 6.61 Å². The minimum absolute atomic E-state index is 0.0347. The summed E-state index contributed by atoms with van der Waals surface area (Å²) in [4.78, 5) is 48.7. The lowest BCUT2D eigenvalue weighted by molar-refractivity contribution is -0.0417. The number of rotatable bonds is 6. The van der Waals surface area contributed by atoms with Gasteiger partial charge in [0.2, 0.25) is 0 Å². The van der Waals surface area contributed by atoms with Crippen molar-refractivity contribution in [2.24, 2.45) is 0 Å². The number of phosphoric acid groups is 2. The minimum Gasteiger partial charge on any atom is -0.349 e. The van der Waals surface area contributed by atoms with Crippen LogP contribution in [0.15, 0.2) is 25.0 Å². The molecule has 3 atom stereocenters. The molecule has 0 aliphatic carbocycles. The van der Waals surface area contributed by atoms with E-state index in [-0.39, 0.29) is 6.42 Å². The fourth-order valence-corrected chi connectivity index (χ4v) is 3.95. The molecule has 14 nitrogen and oxygen atoms in total. The van der Waals surface area contributed by atoms with Gasteiger partial charge in [0.15, 0.2) is 16.8 Å². The highest BCUT2D eigenvalue weighted by atomic mass is 31.2. The Morgan fingerprint density at radius 1 is 1.11 bits per heavy atom. The second-order valence-corrected chi connectivity index (χ2v) is 8.44. The first kappa shape index (κ1) is 19.6. The monoisotopic (exact) mass is 435 g/mol. The molecule has 0 spiro atoms. The van der Waals surface area contributed by atoms with Gasteiger partial charge in [0.25, 0.3) is 0 Å². The average Bonchev–Trinajstić information content (AvgIpc) is 3.27. The summed E-state index contributed by atoms with van der Waals surface area (Å²) in [5.74, 6) is 0. The molecule has 1 fully saturated rings. The fourth-order valence-electron chi connectivity index (χ4n) is 3.04. The quantitative estimate of drug-likeness (QED) is 0.378. The molecule has 0 unspecified atom stereocenters. The zero-order valence-electron chi connectivity index (χ0n) is 13.9. The summed E-state index contributed by atoms with van der Waals surface area (Å²) in [7, 11) is -9.68. The molecule has 4 heterocycles. The number of phosphoric ester groups is 2. The van der Waals surface area contributed by atoms with Gasteiger partial charge in [-0.1, -0.05) is 0 Å². The maximum absolute atomic E-state index is 11.2.